The van der Waals surface area contributed by atoms with Crippen molar-refractivity contribution in [3.8, 4) is 0 Å². The Morgan fingerprint density at radius 3 is 3.09 bits per heavy atom. The summed E-state index contributed by atoms with van der Waals surface area (Å²) in [5.74, 6) is 1.06. The molecule has 0 saturated carbocycles. The van der Waals surface area contributed by atoms with Crippen molar-refractivity contribution in [2.45, 2.75) is 38.8 Å². The van der Waals surface area contributed by atoms with Crippen molar-refractivity contribution in [2.24, 2.45) is 0 Å². The average Bonchev–Trinajstić information content (AvgIpc) is 3.28. The molecule has 2 aromatic rings. The summed E-state index contributed by atoms with van der Waals surface area (Å²) in [5.41, 5.74) is 0.976. The summed E-state index contributed by atoms with van der Waals surface area (Å²) in [6.45, 7) is 6.33. The topological polar surface area (TPSA) is 49.6 Å². The Hall–Kier alpha value is -1.66. The number of amides is 1. The van der Waals surface area contributed by atoms with Gasteiger partial charge in [0.25, 0.3) is 0 Å². The molecule has 0 radical (unpaired) electrons. The average molecular weight is 333 g/mol. The predicted octanol–water partition coefficient (Wildman–Crippen LogP) is 2.88. The maximum absolute atomic E-state index is 12.7. The zero-order chi connectivity index (χ0) is 16.4. The fourth-order valence-corrected chi connectivity index (χ4v) is 3.86. The highest BCUT2D eigenvalue weighted by atomic mass is 32.1. The van der Waals surface area contributed by atoms with Crippen LogP contribution in [0.3, 0.4) is 0 Å². The van der Waals surface area contributed by atoms with Gasteiger partial charge in [0.15, 0.2) is 6.39 Å². The van der Waals surface area contributed by atoms with Crippen molar-refractivity contribution in [3.63, 3.8) is 0 Å². The van der Waals surface area contributed by atoms with E-state index in [2.05, 4.69) is 16.9 Å². The Morgan fingerprint density at radius 2 is 2.43 bits per heavy atom. The van der Waals surface area contributed by atoms with Crippen LogP contribution in [0.5, 0.6) is 0 Å². The van der Waals surface area contributed by atoms with E-state index in [4.69, 9.17) is 4.42 Å². The summed E-state index contributed by atoms with van der Waals surface area (Å²) in [7, 11) is 2.09. The van der Waals surface area contributed by atoms with Gasteiger partial charge >= 0.3 is 0 Å². The van der Waals surface area contributed by atoms with Crippen LogP contribution < -0.4 is 0 Å². The molecule has 124 valence electrons. The lowest BCUT2D eigenvalue weighted by Crippen LogP contribution is -2.37. The van der Waals surface area contributed by atoms with Crippen LogP contribution in [-0.2, 0) is 11.3 Å². The Bertz CT molecular complexity index is 653. The maximum Gasteiger partial charge on any atom is 0.230 e. The molecule has 23 heavy (non-hydrogen) atoms. The normalized spacial score (nSPS) is 19.5. The molecule has 1 amide bonds. The molecule has 0 aromatic carbocycles. The van der Waals surface area contributed by atoms with Gasteiger partial charge in [-0.3, -0.25) is 9.69 Å². The number of likely N-dealkylation sites (N-methyl/N-ethyl adjacent to an activating group) is 1. The lowest BCUT2D eigenvalue weighted by Gasteiger charge is -2.25. The van der Waals surface area contributed by atoms with Gasteiger partial charge in [-0.15, -0.1) is 11.3 Å². The molecule has 2 unspecified atom stereocenters. The molecule has 0 aliphatic carbocycles. The predicted molar refractivity (Wildman–Crippen MR) is 90.4 cm³/mol. The van der Waals surface area contributed by atoms with Gasteiger partial charge in [-0.2, -0.15) is 0 Å². The molecule has 2 atom stereocenters. The molecule has 6 heteroatoms. The van der Waals surface area contributed by atoms with Crippen molar-refractivity contribution in [1.82, 2.24) is 14.8 Å². The number of rotatable bonds is 5. The standard InChI is InChI=1S/C17H23N3O2S/c1-12(16-5-4-8-23-16)17(21)20-7-6-14(9-20)19(3)10-15-13(2)22-11-18-15/h4-5,8,11-12,14H,6-7,9-10H2,1-3H3. The monoisotopic (exact) mass is 333 g/mol. The highest BCUT2D eigenvalue weighted by Crippen LogP contribution is 2.26. The second kappa shape index (κ2) is 6.84. The zero-order valence-corrected chi connectivity index (χ0v) is 14.7. The number of oxazole rings is 1. The summed E-state index contributed by atoms with van der Waals surface area (Å²) >= 11 is 1.65. The Kier molecular flexibility index (Phi) is 4.82. The first kappa shape index (κ1) is 16.2. The van der Waals surface area contributed by atoms with Crippen LogP contribution in [0.15, 0.2) is 28.3 Å². The third-order valence-electron chi connectivity index (χ3n) is 4.68. The highest BCUT2D eigenvalue weighted by molar-refractivity contribution is 7.10. The number of aromatic nitrogens is 1. The molecule has 3 rings (SSSR count). The van der Waals surface area contributed by atoms with E-state index in [9.17, 15) is 4.79 Å². The van der Waals surface area contributed by atoms with E-state index in [-0.39, 0.29) is 11.8 Å². The molecule has 5 nitrogen and oxygen atoms in total. The number of nitrogens with zero attached hydrogens (tertiary/aromatic N) is 3. The minimum atomic E-state index is -0.0446. The molecule has 0 N–H and O–H groups in total. The lowest BCUT2D eigenvalue weighted by atomic mass is 10.1. The van der Waals surface area contributed by atoms with Crippen molar-refractivity contribution in [3.05, 3.63) is 40.2 Å². The molecule has 1 saturated heterocycles. The number of hydrogen-bond acceptors (Lipinski definition) is 5. The number of thiophene rings is 1. The fourth-order valence-electron chi connectivity index (χ4n) is 3.08. The molecule has 1 fully saturated rings. The Balaban J connectivity index is 1.57. The SMILES string of the molecule is Cc1ocnc1CN(C)C1CCN(C(=O)C(C)c2cccs2)C1. The first-order chi connectivity index (χ1) is 11.1. The third kappa shape index (κ3) is 3.48. The van der Waals surface area contributed by atoms with Gasteiger partial charge in [0, 0.05) is 30.6 Å². The first-order valence-electron chi connectivity index (χ1n) is 7.97. The molecule has 3 heterocycles. The molecule has 2 aromatic heterocycles. The summed E-state index contributed by atoms with van der Waals surface area (Å²) in [6, 6.07) is 4.43. The summed E-state index contributed by atoms with van der Waals surface area (Å²) in [6.07, 6.45) is 2.50. The van der Waals surface area contributed by atoms with Crippen LogP contribution in [0, 0.1) is 6.92 Å². The lowest BCUT2D eigenvalue weighted by molar-refractivity contribution is -0.131. The Labute approximate surface area is 140 Å². The number of carbonyl (C=O) groups is 1. The van der Waals surface area contributed by atoms with Crippen molar-refractivity contribution >= 4 is 17.2 Å². The van der Waals surface area contributed by atoms with E-state index in [1.165, 1.54) is 6.39 Å². The van der Waals surface area contributed by atoms with Crippen LogP contribution in [-0.4, -0.2) is 46.9 Å². The van der Waals surface area contributed by atoms with Crippen LogP contribution in [0.2, 0.25) is 0 Å². The van der Waals surface area contributed by atoms with Gasteiger partial charge in [-0.05, 0) is 38.8 Å². The molecule has 1 aliphatic heterocycles. The summed E-state index contributed by atoms with van der Waals surface area (Å²) < 4.78 is 5.26. The maximum atomic E-state index is 12.7. The van der Waals surface area contributed by atoms with E-state index in [1.807, 2.05) is 36.3 Å². The van der Waals surface area contributed by atoms with Crippen LogP contribution in [0.1, 0.15) is 35.6 Å². The first-order valence-corrected chi connectivity index (χ1v) is 8.85. The van der Waals surface area contributed by atoms with Gasteiger partial charge in [0.05, 0.1) is 11.6 Å². The third-order valence-corrected chi connectivity index (χ3v) is 5.74. The van der Waals surface area contributed by atoms with E-state index in [1.54, 1.807) is 11.3 Å². The minimum Gasteiger partial charge on any atom is -0.448 e. The van der Waals surface area contributed by atoms with Crippen LogP contribution in [0.4, 0.5) is 0 Å². The van der Waals surface area contributed by atoms with E-state index < -0.39 is 0 Å². The van der Waals surface area contributed by atoms with Crippen molar-refractivity contribution < 1.29 is 9.21 Å². The number of aryl methyl sites for hydroxylation is 1. The summed E-state index contributed by atoms with van der Waals surface area (Å²) in [4.78, 5) is 22.3. The van der Waals surface area contributed by atoms with Crippen molar-refractivity contribution in [1.29, 1.82) is 0 Å². The second-order valence-corrected chi connectivity index (χ2v) is 7.21. The number of likely N-dealkylation sites (tertiary alicyclic amines) is 1. The van der Waals surface area contributed by atoms with Gasteiger partial charge in [0.1, 0.15) is 5.76 Å². The van der Waals surface area contributed by atoms with E-state index in [0.29, 0.717) is 6.04 Å². The Morgan fingerprint density at radius 1 is 1.61 bits per heavy atom. The van der Waals surface area contributed by atoms with Gasteiger partial charge in [-0.25, -0.2) is 4.98 Å². The van der Waals surface area contributed by atoms with E-state index in [0.717, 1.165) is 42.4 Å². The van der Waals surface area contributed by atoms with E-state index >= 15 is 0 Å². The van der Waals surface area contributed by atoms with Crippen molar-refractivity contribution in [2.75, 3.05) is 20.1 Å². The number of hydrogen-bond donors (Lipinski definition) is 0. The molecular weight excluding hydrogens is 310 g/mol. The van der Waals surface area contributed by atoms with Gasteiger partial charge in [0.2, 0.25) is 5.91 Å². The van der Waals surface area contributed by atoms with Crippen LogP contribution >= 0.6 is 11.3 Å². The smallest absolute Gasteiger partial charge is 0.230 e. The molecule has 1 aliphatic rings. The quantitative estimate of drug-likeness (QED) is 0.844. The fraction of sp³-hybridized carbons (Fsp3) is 0.529. The zero-order valence-electron chi connectivity index (χ0n) is 13.9. The largest absolute Gasteiger partial charge is 0.448 e. The molecule has 0 bridgehead atoms. The van der Waals surface area contributed by atoms with Crippen LogP contribution in [0.25, 0.3) is 0 Å². The molecule has 0 spiro atoms. The molecular formula is C17H23N3O2S. The highest BCUT2D eigenvalue weighted by Gasteiger charge is 2.32. The number of carbonyl (C=O) groups excluding carboxylic acids is 1. The summed E-state index contributed by atoms with van der Waals surface area (Å²) in [5, 5.41) is 2.03. The van der Waals surface area contributed by atoms with Gasteiger partial charge in [-0.1, -0.05) is 6.07 Å². The second-order valence-electron chi connectivity index (χ2n) is 6.23. The van der Waals surface area contributed by atoms with Gasteiger partial charge < -0.3 is 9.32 Å². The minimum absolute atomic E-state index is 0.0446.